The summed E-state index contributed by atoms with van der Waals surface area (Å²) in [4.78, 5) is 14.1. The van der Waals surface area contributed by atoms with Gasteiger partial charge in [0.05, 0.1) is 13.2 Å². The molecule has 1 aliphatic heterocycles. The molecule has 1 aliphatic rings. The lowest BCUT2D eigenvalue weighted by molar-refractivity contribution is -0.136. The molecule has 1 saturated heterocycles. The molecule has 1 fully saturated rings. The third-order valence-corrected chi connectivity index (χ3v) is 3.14. The normalized spacial score (nSPS) is 21.5. The zero-order valence-corrected chi connectivity index (χ0v) is 11.9. The van der Waals surface area contributed by atoms with Crippen molar-refractivity contribution in [1.82, 2.24) is 10.2 Å². The molecule has 0 spiro atoms. The van der Waals surface area contributed by atoms with Gasteiger partial charge in [-0.1, -0.05) is 20.3 Å². The second-order valence-corrected chi connectivity index (χ2v) is 4.47. The van der Waals surface area contributed by atoms with Gasteiger partial charge in [-0.05, 0) is 12.8 Å². The van der Waals surface area contributed by atoms with Crippen molar-refractivity contribution in [3.8, 4) is 0 Å². The van der Waals surface area contributed by atoms with Crippen LogP contribution >= 0.6 is 12.4 Å². The number of nitrogens with zero attached hydrogens (tertiary/aromatic N) is 1. The molecule has 0 radical (unpaired) electrons. The van der Waals surface area contributed by atoms with Gasteiger partial charge in [-0.15, -0.1) is 12.4 Å². The first-order chi connectivity index (χ1) is 7.69. The van der Waals surface area contributed by atoms with Crippen LogP contribution < -0.4 is 5.32 Å². The topological polar surface area (TPSA) is 41.6 Å². The molecule has 102 valence electrons. The van der Waals surface area contributed by atoms with Crippen LogP contribution in [0.3, 0.4) is 0 Å². The van der Waals surface area contributed by atoms with E-state index < -0.39 is 0 Å². The van der Waals surface area contributed by atoms with E-state index in [1.54, 1.807) is 0 Å². The monoisotopic (exact) mass is 264 g/mol. The van der Waals surface area contributed by atoms with E-state index in [0.29, 0.717) is 19.1 Å². The number of likely N-dealkylation sites (N-methyl/N-ethyl adjacent to an activating group) is 1. The highest BCUT2D eigenvalue weighted by atomic mass is 35.5. The molecule has 4 nitrogen and oxygen atoms in total. The summed E-state index contributed by atoms with van der Waals surface area (Å²) in [6, 6.07) is -0.141. The fraction of sp³-hybridized carbons (Fsp3) is 0.917. The lowest BCUT2D eigenvalue weighted by Gasteiger charge is -2.30. The van der Waals surface area contributed by atoms with Crippen LogP contribution in [0.1, 0.15) is 27.2 Å². The first-order valence-electron chi connectivity index (χ1n) is 6.28. The number of rotatable bonds is 5. The molecule has 17 heavy (non-hydrogen) atoms. The minimum absolute atomic E-state index is 0. The number of morpholine rings is 1. The highest BCUT2D eigenvalue weighted by molar-refractivity contribution is 5.85. The predicted molar refractivity (Wildman–Crippen MR) is 71.6 cm³/mol. The fourth-order valence-electron chi connectivity index (χ4n) is 1.82. The average Bonchev–Trinajstić information content (AvgIpc) is 2.35. The molecule has 0 saturated carbocycles. The van der Waals surface area contributed by atoms with Gasteiger partial charge in [-0.25, -0.2) is 0 Å². The number of hydrogen-bond acceptors (Lipinski definition) is 3. The van der Waals surface area contributed by atoms with Gasteiger partial charge in [-0.2, -0.15) is 0 Å². The van der Waals surface area contributed by atoms with E-state index in [2.05, 4.69) is 19.2 Å². The summed E-state index contributed by atoms with van der Waals surface area (Å²) >= 11 is 0. The Morgan fingerprint density at radius 1 is 1.53 bits per heavy atom. The standard InChI is InChI=1S/C12H24N2O2.ClH/c1-4-10(3)8-14(5-2)12(15)11-9-16-7-6-13-11;/h10-11,13H,4-9H2,1-3H3;1H. The fourth-order valence-corrected chi connectivity index (χ4v) is 1.82. The van der Waals surface area contributed by atoms with Crippen LogP contribution in [0.25, 0.3) is 0 Å². The van der Waals surface area contributed by atoms with Gasteiger partial charge in [0, 0.05) is 19.6 Å². The van der Waals surface area contributed by atoms with Crippen LogP contribution in [-0.2, 0) is 9.53 Å². The van der Waals surface area contributed by atoms with Crippen LogP contribution in [-0.4, -0.2) is 49.7 Å². The summed E-state index contributed by atoms with van der Waals surface area (Å²) in [5.41, 5.74) is 0. The third-order valence-electron chi connectivity index (χ3n) is 3.14. The second-order valence-electron chi connectivity index (χ2n) is 4.47. The molecule has 5 heteroatoms. The molecule has 1 N–H and O–H groups in total. The van der Waals surface area contributed by atoms with Crippen molar-refractivity contribution < 1.29 is 9.53 Å². The molecule has 1 rings (SSSR count). The minimum Gasteiger partial charge on any atom is -0.378 e. The van der Waals surface area contributed by atoms with E-state index in [-0.39, 0.29) is 24.4 Å². The van der Waals surface area contributed by atoms with Crippen LogP contribution in [0.2, 0.25) is 0 Å². The molecule has 2 atom stereocenters. The van der Waals surface area contributed by atoms with Crippen LogP contribution in [0.4, 0.5) is 0 Å². The summed E-state index contributed by atoms with van der Waals surface area (Å²) < 4.78 is 5.32. The smallest absolute Gasteiger partial charge is 0.242 e. The maximum Gasteiger partial charge on any atom is 0.242 e. The van der Waals surface area contributed by atoms with Gasteiger partial charge in [0.15, 0.2) is 0 Å². The Morgan fingerprint density at radius 2 is 2.24 bits per heavy atom. The highest BCUT2D eigenvalue weighted by Gasteiger charge is 2.25. The second kappa shape index (κ2) is 8.72. The van der Waals surface area contributed by atoms with Crippen LogP contribution in [0.5, 0.6) is 0 Å². The van der Waals surface area contributed by atoms with E-state index >= 15 is 0 Å². The van der Waals surface area contributed by atoms with Gasteiger partial charge in [0.1, 0.15) is 6.04 Å². The number of carbonyl (C=O) groups excluding carboxylic acids is 1. The van der Waals surface area contributed by atoms with Crippen molar-refractivity contribution in [3.05, 3.63) is 0 Å². The van der Waals surface area contributed by atoms with Gasteiger partial charge in [0.2, 0.25) is 5.91 Å². The molecule has 0 aromatic heterocycles. The summed E-state index contributed by atoms with van der Waals surface area (Å²) in [5.74, 6) is 0.746. The van der Waals surface area contributed by atoms with Gasteiger partial charge >= 0.3 is 0 Å². The molecule has 1 heterocycles. The Bertz CT molecular complexity index is 221. The molecule has 0 aromatic rings. The SMILES string of the molecule is CCC(C)CN(CC)C(=O)C1COCCN1.Cl. The zero-order chi connectivity index (χ0) is 12.0. The van der Waals surface area contributed by atoms with Crippen molar-refractivity contribution in [2.75, 3.05) is 32.8 Å². The van der Waals surface area contributed by atoms with Gasteiger partial charge in [0.25, 0.3) is 0 Å². The predicted octanol–water partition coefficient (Wildman–Crippen LogP) is 1.29. The quantitative estimate of drug-likeness (QED) is 0.814. The molecule has 0 aliphatic carbocycles. The maximum atomic E-state index is 12.2. The van der Waals surface area contributed by atoms with Gasteiger partial charge in [-0.3, -0.25) is 4.79 Å². The number of carbonyl (C=O) groups is 1. The largest absolute Gasteiger partial charge is 0.378 e. The van der Waals surface area contributed by atoms with E-state index in [9.17, 15) is 4.79 Å². The van der Waals surface area contributed by atoms with Crippen molar-refractivity contribution >= 4 is 18.3 Å². The first kappa shape index (κ1) is 16.7. The average molecular weight is 265 g/mol. The Labute approximate surface area is 110 Å². The van der Waals surface area contributed by atoms with E-state index in [1.165, 1.54) is 0 Å². The molecule has 0 aromatic carbocycles. The Hall–Kier alpha value is -0.320. The summed E-state index contributed by atoms with van der Waals surface area (Å²) in [6.45, 7) is 10.00. The third kappa shape index (κ3) is 5.23. The summed E-state index contributed by atoms with van der Waals surface area (Å²) in [7, 11) is 0. The number of hydrogen-bond donors (Lipinski definition) is 1. The lowest BCUT2D eigenvalue weighted by atomic mass is 10.1. The van der Waals surface area contributed by atoms with Gasteiger partial charge < -0.3 is 15.0 Å². The molecule has 2 unspecified atom stereocenters. The van der Waals surface area contributed by atoms with Crippen molar-refractivity contribution in [3.63, 3.8) is 0 Å². The van der Waals surface area contributed by atoms with Crippen molar-refractivity contribution in [1.29, 1.82) is 0 Å². The number of ether oxygens (including phenoxy) is 1. The van der Waals surface area contributed by atoms with Crippen molar-refractivity contribution in [2.45, 2.75) is 33.2 Å². The maximum absolute atomic E-state index is 12.2. The Kier molecular flexibility index (Phi) is 8.56. The molecule has 0 bridgehead atoms. The highest BCUT2D eigenvalue weighted by Crippen LogP contribution is 2.07. The van der Waals surface area contributed by atoms with Crippen molar-refractivity contribution in [2.24, 2.45) is 5.92 Å². The number of halogens is 1. The van der Waals surface area contributed by atoms with Crippen LogP contribution in [0.15, 0.2) is 0 Å². The molecular weight excluding hydrogens is 240 g/mol. The molecular formula is C12H25ClN2O2. The molecule has 1 amide bonds. The zero-order valence-electron chi connectivity index (χ0n) is 11.1. The number of nitrogens with one attached hydrogen (secondary N) is 1. The summed E-state index contributed by atoms with van der Waals surface area (Å²) in [6.07, 6.45) is 1.11. The number of amides is 1. The Morgan fingerprint density at radius 3 is 2.71 bits per heavy atom. The van der Waals surface area contributed by atoms with E-state index in [0.717, 1.165) is 26.1 Å². The van der Waals surface area contributed by atoms with E-state index in [1.807, 2.05) is 11.8 Å². The van der Waals surface area contributed by atoms with Crippen LogP contribution in [0, 0.1) is 5.92 Å². The Balaban J connectivity index is 0.00000256. The lowest BCUT2D eigenvalue weighted by Crippen LogP contribution is -2.53. The first-order valence-corrected chi connectivity index (χ1v) is 6.28. The summed E-state index contributed by atoms with van der Waals surface area (Å²) in [5, 5.41) is 3.21. The van der Waals surface area contributed by atoms with E-state index in [4.69, 9.17) is 4.74 Å². The minimum atomic E-state index is -0.141.